The van der Waals surface area contributed by atoms with Gasteiger partial charge in [-0.1, -0.05) is 12.1 Å². The predicted molar refractivity (Wildman–Crippen MR) is 105 cm³/mol. The van der Waals surface area contributed by atoms with Crippen molar-refractivity contribution in [1.82, 2.24) is 14.5 Å². The number of nitrogens with zero attached hydrogens (tertiary/aromatic N) is 3. The molecule has 0 aliphatic heterocycles. The Bertz CT molecular complexity index is 1170. The molecule has 2 aromatic carbocycles. The number of nitrogen functional groups attached to an aromatic ring is 1. The number of anilines is 1. The van der Waals surface area contributed by atoms with Crippen molar-refractivity contribution in [2.24, 2.45) is 0 Å². The molecule has 0 saturated carbocycles. The molecule has 0 fully saturated rings. The SMILES string of the molecule is COCCOC(=O)c1c(N)n(-c2ccc(O)cc2)c2nc3ccccc3nc12. The minimum absolute atomic E-state index is 0.0989. The van der Waals surface area contributed by atoms with Crippen molar-refractivity contribution < 1.29 is 19.4 Å². The maximum atomic E-state index is 12.7. The first-order valence-electron chi connectivity index (χ1n) is 8.62. The van der Waals surface area contributed by atoms with Crippen molar-refractivity contribution in [2.75, 3.05) is 26.1 Å². The minimum atomic E-state index is -0.596. The van der Waals surface area contributed by atoms with E-state index >= 15 is 0 Å². The van der Waals surface area contributed by atoms with E-state index in [-0.39, 0.29) is 30.3 Å². The molecule has 0 bridgehead atoms. The Morgan fingerprint density at radius 3 is 2.43 bits per heavy atom. The number of aromatic hydroxyl groups is 1. The quantitative estimate of drug-likeness (QED) is 0.405. The number of esters is 1. The average molecular weight is 378 g/mol. The lowest BCUT2D eigenvalue weighted by Gasteiger charge is -2.08. The second-order valence-corrected chi connectivity index (χ2v) is 6.13. The Hall–Kier alpha value is -3.65. The Morgan fingerprint density at radius 1 is 1.07 bits per heavy atom. The van der Waals surface area contributed by atoms with Gasteiger partial charge >= 0.3 is 5.97 Å². The monoisotopic (exact) mass is 378 g/mol. The van der Waals surface area contributed by atoms with Crippen LogP contribution in [0.25, 0.3) is 27.9 Å². The molecule has 0 spiro atoms. The molecular weight excluding hydrogens is 360 g/mol. The molecule has 3 N–H and O–H groups in total. The predicted octanol–water partition coefficient (Wildman–Crippen LogP) is 2.66. The number of nitrogens with two attached hydrogens (primary N) is 1. The molecule has 2 aromatic heterocycles. The summed E-state index contributed by atoms with van der Waals surface area (Å²) in [5, 5.41) is 9.59. The number of fused-ring (bicyclic) bond motifs is 2. The minimum Gasteiger partial charge on any atom is -0.508 e. The fourth-order valence-corrected chi connectivity index (χ4v) is 3.02. The third kappa shape index (κ3) is 2.99. The summed E-state index contributed by atoms with van der Waals surface area (Å²) in [4.78, 5) is 22.0. The maximum absolute atomic E-state index is 12.7. The lowest BCUT2D eigenvalue weighted by molar-refractivity contribution is 0.0391. The van der Waals surface area contributed by atoms with Crippen molar-refractivity contribution in [3.8, 4) is 11.4 Å². The molecule has 4 rings (SSSR count). The standard InChI is InChI=1S/C20H18N4O4/c1-27-10-11-28-20(26)16-17-19(23-15-5-3-2-4-14(15)22-17)24(18(16)21)12-6-8-13(25)9-7-12/h2-9,25H,10-11,21H2,1H3. The summed E-state index contributed by atoms with van der Waals surface area (Å²) >= 11 is 0. The van der Waals surface area contributed by atoms with E-state index in [9.17, 15) is 9.90 Å². The van der Waals surface area contributed by atoms with Gasteiger partial charge in [-0.05, 0) is 36.4 Å². The van der Waals surface area contributed by atoms with Crippen LogP contribution >= 0.6 is 0 Å². The van der Waals surface area contributed by atoms with E-state index in [0.29, 0.717) is 27.9 Å². The number of carbonyl (C=O) groups excluding carboxylic acids is 1. The number of benzene rings is 2. The third-order valence-electron chi connectivity index (χ3n) is 4.33. The highest BCUT2D eigenvalue weighted by molar-refractivity contribution is 6.09. The number of methoxy groups -OCH3 is 1. The first-order valence-corrected chi connectivity index (χ1v) is 8.62. The molecule has 0 radical (unpaired) electrons. The Balaban J connectivity index is 1.97. The van der Waals surface area contributed by atoms with Crippen LogP contribution in [0.1, 0.15) is 10.4 Å². The van der Waals surface area contributed by atoms with Crippen LogP contribution in [0.5, 0.6) is 5.75 Å². The number of rotatable bonds is 5. The van der Waals surface area contributed by atoms with E-state index in [0.717, 1.165) is 0 Å². The average Bonchev–Trinajstić information content (AvgIpc) is 2.98. The van der Waals surface area contributed by atoms with Gasteiger partial charge in [0.05, 0.1) is 17.6 Å². The van der Waals surface area contributed by atoms with Crippen molar-refractivity contribution in [3.05, 3.63) is 54.1 Å². The Morgan fingerprint density at radius 2 is 1.75 bits per heavy atom. The summed E-state index contributed by atoms with van der Waals surface area (Å²) in [7, 11) is 1.52. The molecule has 142 valence electrons. The number of phenols is 1. The van der Waals surface area contributed by atoms with Gasteiger partial charge in [0.25, 0.3) is 0 Å². The second-order valence-electron chi connectivity index (χ2n) is 6.13. The number of aromatic nitrogens is 3. The summed E-state index contributed by atoms with van der Waals surface area (Å²) in [6.07, 6.45) is 0. The molecule has 28 heavy (non-hydrogen) atoms. The van der Waals surface area contributed by atoms with Crippen LogP contribution in [0.2, 0.25) is 0 Å². The largest absolute Gasteiger partial charge is 0.508 e. The van der Waals surface area contributed by atoms with Crippen molar-refractivity contribution >= 4 is 34.0 Å². The highest BCUT2D eigenvalue weighted by atomic mass is 16.6. The molecule has 0 aliphatic carbocycles. The maximum Gasteiger partial charge on any atom is 0.344 e. The highest BCUT2D eigenvalue weighted by Crippen LogP contribution is 2.31. The molecule has 2 heterocycles. The number of phenolic OH excluding ortho intramolecular Hbond substituents is 1. The molecule has 0 amide bonds. The second kappa shape index (κ2) is 7.16. The zero-order valence-electron chi connectivity index (χ0n) is 15.1. The van der Waals surface area contributed by atoms with Gasteiger partial charge in [0.15, 0.2) is 5.65 Å². The van der Waals surface area contributed by atoms with Gasteiger partial charge in [-0.15, -0.1) is 0 Å². The number of hydrogen-bond donors (Lipinski definition) is 2. The van der Waals surface area contributed by atoms with Gasteiger partial charge in [-0.2, -0.15) is 0 Å². The van der Waals surface area contributed by atoms with Gasteiger partial charge in [-0.3, -0.25) is 4.57 Å². The molecule has 8 heteroatoms. The zero-order valence-corrected chi connectivity index (χ0v) is 15.1. The van der Waals surface area contributed by atoms with Crippen LogP contribution in [0.4, 0.5) is 5.82 Å². The Kier molecular flexibility index (Phi) is 4.54. The van der Waals surface area contributed by atoms with E-state index in [2.05, 4.69) is 9.97 Å². The van der Waals surface area contributed by atoms with E-state index in [1.54, 1.807) is 16.7 Å². The number of para-hydroxylation sites is 2. The number of ether oxygens (including phenoxy) is 2. The van der Waals surface area contributed by atoms with Crippen LogP contribution < -0.4 is 5.73 Å². The lowest BCUT2D eigenvalue weighted by Crippen LogP contribution is -2.12. The Labute approximate surface area is 160 Å². The fourth-order valence-electron chi connectivity index (χ4n) is 3.02. The molecule has 4 aromatic rings. The van der Waals surface area contributed by atoms with Crippen LogP contribution in [-0.4, -0.2) is 45.9 Å². The van der Waals surface area contributed by atoms with Crippen molar-refractivity contribution in [1.29, 1.82) is 0 Å². The summed E-state index contributed by atoms with van der Waals surface area (Å²) < 4.78 is 11.8. The first kappa shape index (κ1) is 17.7. The van der Waals surface area contributed by atoms with Crippen LogP contribution in [0.15, 0.2) is 48.5 Å². The third-order valence-corrected chi connectivity index (χ3v) is 4.33. The fraction of sp³-hybridized carbons (Fsp3) is 0.150. The summed E-state index contributed by atoms with van der Waals surface area (Å²) in [5.74, 6) is -0.311. The molecule has 0 atom stereocenters. The summed E-state index contributed by atoms with van der Waals surface area (Å²) in [5.41, 5.74) is 9.23. The van der Waals surface area contributed by atoms with E-state index in [4.69, 9.17) is 15.2 Å². The topological polar surface area (TPSA) is 112 Å². The molecule has 0 aliphatic rings. The lowest BCUT2D eigenvalue weighted by atomic mass is 10.2. The first-order chi connectivity index (χ1) is 13.6. The van der Waals surface area contributed by atoms with E-state index in [1.165, 1.54) is 19.2 Å². The molecule has 0 unspecified atom stereocenters. The number of hydrogen-bond acceptors (Lipinski definition) is 7. The highest BCUT2D eigenvalue weighted by Gasteiger charge is 2.25. The van der Waals surface area contributed by atoms with Gasteiger partial charge in [0, 0.05) is 12.8 Å². The zero-order chi connectivity index (χ0) is 19.7. The summed E-state index contributed by atoms with van der Waals surface area (Å²) in [6, 6.07) is 13.8. The molecule has 8 nitrogen and oxygen atoms in total. The van der Waals surface area contributed by atoms with Crippen LogP contribution in [-0.2, 0) is 9.47 Å². The van der Waals surface area contributed by atoms with Gasteiger partial charge in [-0.25, -0.2) is 14.8 Å². The van der Waals surface area contributed by atoms with Gasteiger partial charge < -0.3 is 20.3 Å². The number of carbonyl (C=O) groups is 1. The summed E-state index contributed by atoms with van der Waals surface area (Å²) in [6.45, 7) is 0.374. The van der Waals surface area contributed by atoms with Crippen molar-refractivity contribution in [3.63, 3.8) is 0 Å². The van der Waals surface area contributed by atoms with Crippen LogP contribution in [0.3, 0.4) is 0 Å². The van der Waals surface area contributed by atoms with Crippen molar-refractivity contribution in [2.45, 2.75) is 0 Å². The van der Waals surface area contributed by atoms with Gasteiger partial charge in [0.2, 0.25) is 0 Å². The van der Waals surface area contributed by atoms with E-state index in [1.807, 2.05) is 24.3 Å². The van der Waals surface area contributed by atoms with Crippen LogP contribution in [0, 0.1) is 0 Å². The van der Waals surface area contributed by atoms with E-state index < -0.39 is 5.97 Å². The molecule has 0 saturated heterocycles. The van der Waals surface area contributed by atoms with Gasteiger partial charge in [0.1, 0.15) is 29.3 Å². The molecular formula is C20H18N4O4. The normalized spacial score (nSPS) is 11.2. The smallest absolute Gasteiger partial charge is 0.344 e.